The molecule has 0 bridgehead atoms. The lowest BCUT2D eigenvalue weighted by atomic mass is 10.2. The zero-order valence-corrected chi connectivity index (χ0v) is 13.9. The molecule has 5 nitrogen and oxygen atoms in total. The van der Waals surface area contributed by atoms with E-state index in [-0.39, 0.29) is 18.0 Å². The van der Waals surface area contributed by atoms with Crippen molar-refractivity contribution in [2.75, 3.05) is 7.05 Å². The quantitative estimate of drug-likeness (QED) is 0.841. The van der Waals surface area contributed by atoms with Gasteiger partial charge >= 0.3 is 5.97 Å². The molecule has 5 heteroatoms. The van der Waals surface area contributed by atoms with Crippen molar-refractivity contribution >= 4 is 18.0 Å². The summed E-state index contributed by atoms with van der Waals surface area (Å²) in [6.45, 7) is 1.86. The number of amides is 1. The van der Waals surface area contributed by atoms with Crippen molar-refractivity contribution in [1.82, 2.24) is 4.90 Å². The predicted molar refractivity (Wildman–Crippen MR) is 91.6 cm³/mol. The molecule has 0 fully saturated rings. The molecule has 0 unspecified atom stereocenters. The highest BCUT2D eigenvalue weighted by atomic mass is 16.4. The van der Waals surface area contributed by atoms with Crippen LogP contribution in [0.3, 0.4) is 0 Å². The molecule has 0 radical (unpaired) electrons. The molecule has 0 spiro atoms. The van der Waals surface area contributed by atoms with Crippen LogP contribution in [-0.2, 0) is 11.3 Å². The van der Waals surface area contributed by atoms with Crippen molar-refractivity contribution in [3.8, 4) is 0 Å². The Kier molecular flexibility index (Phi) is 5.95. The number of aryl methyl sites for hydroxylation is 1. The maximum atomic E-state index is 12.1. The van der Waals surface area contributed by atoms with Gasteiger partial charge < -0.3 is 14.4 Å². The third-order valence-electron chi connectivity index (χ3n) is 3.65. The molecule has 126 valence electrons. The van der Waals surface area contributed by atoms with Crippen LogP contribution >= 0.6 is 0 Å². The Labute approximate surface area is 141 Å². The molecule has 1 aromatic heterocycles. The van der Waals surface area contributed by atoms with Gasteiger partial charge in [0.05, 0.1) is 6.54 Å². The van der Waals surface area contributed by atoms with Gasteiger partial charge in [-0.25, -0.2) is 4.79 Å². The van der Waals surface area contributed by atoms with Crippen molar-refractivity contribution in [1.29, 1.82) is 0 Å². The molecule has 0 atom stereocenters. The zero-order valence-electron chi connectivity index (χ0n) is 13.9. The van der Waals surface area contributed by atoms with E-state index in [2.05, 4.69) is 0 Å². The molecule has 0 aliphatic rings. The Morgan fingerprint density at radius 2 is 1.96 bits per heavy atom. The fourth-order valence-corrected chi connectivity index (χ4v) is 2.34. The summed E-state index contributed by atoms with van der Waals surface area (Å²) in [6, 6.07) is 11.4. The molecule has 2 rings (SSSR count). The van der Waals surface area contributed by atoms with E-state index in [1.165, 1.54) is 6.07 Å². The van der Waals surface area contributed by atoms with Crippen molar-refractivity contribution in [2.45, 2.75) is 26.3 Å². The van der Waals surface area contributed by atoms with Crippen LogP contribution in [0.15, 0.2) is 46.9 Å². The summed E-state index contributed by atoms with van der Waals surface area (Å²) in [5.41, 5.74) is 1.24. The fourth-order valence-electron chi connectivity index (χ4n) is 2.34. The standard InChI is InChI=1S/C19H21NO4/c1-14-17(19(22)23)12-16(24-14)13-20(2)18(21)11-7-6-10-15-8-4-3-5-9-15/h3-6,8-10,12H,7,11,13H2,1-2H3,(H,22,23)/b10-6+. The van der Waals surface area contributed by atoms with Crippen LogP contribution in [0.4, 0.5) is 0 Å². The Morgan fingerprint density at radius 3 is 2.58 bits per heavy atom. The average molecular weight is 327 g/mol. The smallest absolute Gasteiger partial charge is 0.339 e. The van der Waals surface area contributed by atoms with Gasteiger partial charge in [-0.05, 0) is 25.0 Å². The lowest BCUT2D eigenvalue weighted by Gasteiger charge is -2.15. The van der Waals surface area contributed by atoms with E-state index < -0.39 is 5.97 Å². The van der Waals surface area contributed by atoms with Crippen molar-refractivity contribution < 1.29 is 19.1 Å². The highest BCUT2D eigenvalue weighted by Crippen LogP contribution is 2.16. The minimum Gasteiger partial charge on any atom is -0.478 e. The summed E-state index contributed by atoms with van der Waals surface area (Å²) in [4.78, 5) is 24.7. The maximum absolute atomic E-state index is 12.1. The number of carboxylic acids is 1. The van der Waals surface area contributed by atoms with E-state index in [1.807, 2.05) is 42.5 Å². The number of hydrogen-bond acceptors (Lipinski definition) is 3. The molecule has 2 aromatic rings. The number of furan rings is 1. The number of aromatic carboxylic acids is 1. The minimum absolute atomic E-state index is 0.0151. The molecule has 0 aliphatic heterocycles. The number of carbonyl (C=O) groups is 2. The number of benzene rings is 1. The summed E-state index contributed by atoms with van der Waals surface area (Å²) in [5.74, 6) is -0.217. The first-order valence-electron chi connectivity index (χ1n) is 7.75. The van der Waals surface area contributed by atoms with Gasteiger partial charge in [-0.2, -0.15) is 0 Å². The van der Waals surface area contributed by atoms with Crippen LogP contribution in [0, 0.1) is 6.92 Å². The van der Waals surface area contributed by atoms with Gasteiger partial charge in [0.25, 0.3) is 0 Å². The van der Waals surface area contributed by atoms with Gasteiger partial charge in [0.2, 0.25) is 5.91 Å². The van der Waals surface area contributed by atoms with E-state index in [9.17, 15) is 9.59 Å². The third-order valence-corrected chi connectivity index (χ3v) is 3.65. The zero-order chi connectivity index (χ0) is 17.5. The Bertz CT molecular complexity index is 731. The molecular formula is C19H21NO4. The van der Waals surface area contributed by atoms with E-state index in [0.29, 0.717) is 24.4 Å². The molecule has 24 heavy (non-hydrogen) atoms. The largest absolute Gasteiger partial charge is 0.478 e. The second-order valence-electron chi connectivity index (χ2n) is 5.59. The second kappa shape index (κ2) is 8.15. The normalized spacial score (nSPS) is 10.9. The third kappa shape index (κ3) is 4.84. The molecular weight excluding hydrogens is 306 g/mol. The van der Waals surface area contributed by atoms with E-state index in [1.54, 1.807) is 18.9 Å². The lowest BCUT2D eigenvalue weighted by molar-refractivity contribution is -0.130. The topological polar surface area (TPSA) is 70.8 Å². The molecule has 0 aliphatic carbocycles. The first-order valence-corrected chi connectivity index (χ1v) is 7.75. The summed E-state index contributed by atoms with van der Waals surface area (Å²) in [6.07, 6.45) is 5.00. The maximum Gasteiger partial charge on any atom is 0.339 e. The highest BCUT2D eigenvalue weighted by molar-refractivity contribution is 5.88. The van der Waals surface area contributed by atoms with Crippen LogP contribution in [0.2, 0.25) is 0 Å². The Balaban J connectivity index is 1.83. The Morgan fingerprint density at radius 1 is 1.25 bits per heavy atom. The van der Waals surface area contributed by atoms with Gasteiger partial charge in [-0.1, -0.05) is 42.5 Å². The van der Waals surface area contributed by atoms with Gasteiger partial charge in [0.15, 0.2) is 0 Å². The lowest BCUT2D eigenvalue weighted by Crippen LogP contribution is -2.25. The number of allylic oxidation sites excluding steroid dienone is 1. The average Bonchev–Trinajstić information content (AvgIpc) is 2.93. The molecule has 0 saturated carbocycles. The first-order chi connectivity index (χ1) is 11.5. The second-order valence-corrected chi connectivity index (χ2v) is 5.59. The summed E-state index contributed by atoms with van der Waals surface area (Å²) < 4.78 is 5.39. The molecule has 1 N–H and O–H groups in total. The summed E-state index contributed by atoms with van der Waals surface area (Å²) in [7, 11) is 1.68. The molecule has 1 aromatic carbocycles. The van der Waals surface area contributed by atoms with E-state index in [4.69, 9.17) is 9.52 Å². The minimum atomic E-state index is -1.03. The first kappa shape index (κ1) is 17.5. The van der Waals surface area contributed by atoms with Crippen molar-refractivity contribution in [2.24, 2.45) is 0 Å². The van der Waals surface area contributed by atoms with Gasteiger partial charge in [-0.15, -0.1) is 0 Å². The van der Waals surface area contributed by atoms with Crippen molar-refractivity contribution in [3.63, 3.8) is 0 Å². The number of carboxylic acid groups (broad SMARTS) is 1. The van der Waals surface area contributed by atoms with Gasteiger partial charge in [-0.3, -0.25) is 4.79 Å². The number of nitrogens with zero attached hydrogens (tertiary/aromatic N) is 1. The molecule has 0 saturated heterocycles. The summed E-state index contributed by atoms with van der Waals surface area (Å²) >= 11 is 0. The van der Waals surface area contributed by atoms with E-state index >= 15 is 0 Å². The van der Waals surface area contributed by atoms with Crippen molar-refractivity contribution in [3.05, 3.63) is 65.1 Å². The van der Waals surface area contributed by atoms with Crippen LogP contribution in [0.25, 0.3) is 6.08 Å². The van der Waals surface area contributed by atoms with Crippen LogP contribution in [0.1, 0.15) is 40.3 Å². The monoisotopic (exact) mass is 327 g/mol. The van der Waals surface area contributed by atoms with Crippen LogP contribution in [0.5, 0.6) is 0 Å². The highest BCUT2D eigenvalue weighted by Gasteiger charge is 2.16. The SMILES string of the molecule is Cc1oc(CN(C)C(=O)CC/C=C/c2ccccc2)cc1C(=O)O. The Hall–Kier alpha value is -2.82. The molecule has 1 amide bonds. The van der Waals surface area contributed by atoms with Crippen LogP contribution in [-0.4, -0.2) is 28.9 Å². The number of rotatable bonds is 7. The number of hydrogen-bond donors (Lipinski definition) is 1. The molecule has 1 heterocycles. The number of carbonyl (C=O) groups excluding carboxylic acids is 1. The fraction of sp³-hybridized carbons (Fsp3) is 0.263. The van der Waals surface area contributed by atoms with Gasteiger partial charge in [0.1, 0.15) is 17.1 Å². The summed E-state index contributed by atoms with van der Waals surface area (Å²) in [5, 5.41) is 9.01. The van der Waals surface area contributed by atoms with Gasteiger partial charge in [0, 0.05) is 13.5 Å². The van der Waals surface area contributed by atoms with E-state index in [0.717, 1.165) is 5.56 Å². The van der Waals surface area contributed by atoms with Crippen LogP contribution < -0.4 is 0 Å². The predicted octanol–water partition coefficient (Wildman–Crippen LogP) is 3.74.